The molecule has 0 aliphatic heterocycles. The molecule has 0 aromatic heterocycles. The zero-order chi connectivity index (χ0) is 15.2. The van der Waals surface area contributed by atoms with Crippen LogP contribution in [0.1, 0.15) is 18.9 Å². The molecule has 114 valence electrons. The van der Waals surface area contributed by atoms with Gasteiger partial charge in [-0.2, -0.15) is 13.2 Å². The van der Waals surface area contributed by atoms with Gasteiger partial charge in [0.05, 0.1) is 4.47 Å². The van der Waals surface area contributed by atoms with Gasteiger partial charge in [0.25, 0.3) is 0 Å². The molecule has 0 amide bonds. The van der Waals surface area contributed by atoms with E-state index in [0.717, 1.165) is 18.5 Å². The van der Waals surface area contributed by atoms with Crippen molar-refractivity contribution in [1.82, 2.24) is 5.32 Å². The molecule has 7 heteroatoms. The molecule has 1 rings (SSSR count). The molecule has 3 nitrogen and oxygen atoms in total. The van der Waals surface area contributed by atoms with Crippen LogP contribution in [-0.4, -0.2) is 30.5 Å². The standard InChI is InChI=1S/C13H17BrF3NO2/c1-2-5-18-7-9-3-4-11(10(14)6-9)20-8-12(19)13(15,16)17/h3-4,6,12,18-19H,2,5,7-8H2,1H3. The van der Waals surface area contributed by atoms with Gasteiger partial charge >= 0.3 is 6.18 Å². The summed E-state index contributed by atoms with van der Waals surface area (Å²) in [6.45, 7) is 2.81. The molecule has 0 bridgehead atoms. The third-order valence-electron chi connectivity index (χ3n) is 2.53. The summed E-state index contributed by atoms with van der Waals surface area (Å²) in [7, 11) is 0. The summed E-state index contributed by atoms with van der Waals surface area (Å²) in [6.07, 6.45) is -6.13. The number of benzene rings is 1. The second kappa shape index (κ2) is 7.85. The number of nitrogens with one attached hydrogen (secondary N) is 1. The first kappa shape index (κ1) is 17.3. The fourth-order valence-electron chi connectivity index (χ4n) is 1.44. The molecule has 2 N–H and O–H groups in total. The summed E-state index contributed by atoms with van der Waals surface area (Å²) in [6, 6.07) is 5.12. The van der Waals surface area contributed by atoms with E-state index in [2.05, 4.69) is 28.2 Å². The summed E-state index contributed by atoms with van der Waals surface area (Å²) in [5.74, 6) is 0.271. The van der Waals surface area contributed by atoms with Crippen LogP contribution in [0.15, 0.2) is 22.7 Å². The lowest BCUT2D eigenvalue weighted by Crippen LogP contribution is -2.34. The minimum Gasteiger partial charge on any atom is -0.489 e. The monoisotopic (exact) mass is 355 g/mol. The number of aliphatic hydroxyl groups excluding tert-OH is 1. The van der Waals surface area contributed by atoms with Crippen LogP contribution in [0.25, 0.3) is 0 Å². The molecule has 0 heterocycles. The zero-order valence-corrected chi connectivity index (χ0v) is 12.6. The number of hydrogen-bond acceptors (Lipinski definition) is 3. The Morgan fingerprint density at radius 3 is 2.65 bits per heavy atom. The van der Waals surface area contributed by atoms with E-state index in [1.54, 1.807) is 18.2 Å². The predicted octanol–water partition coefficient (Wildman–Crippen LogP) is 3.25. The number of aliphatic hydroxyl groups is 1. The molecule has 0 radical (unpaired) electrons. The van der Waals surface area contributed by atoms with Gasteiger partial charge in [-0.15, -0.1) is 0 Å². The fourth-order valence-corrected chi connectivity index (χ4v) is 1.98. The van der Waals surface area contributed by atoms with E-state index in [4.69, 9.17) is 9.84 Å². The lowest BCUT2D eigenvalue weighted by molar-refractivity contribution is -0.210. The van der Waals surface area contributed by atoms with Gasteiger partial charge in [0.15, 0.2) is 6.10 Å². The molecule has 0 aliphatic carbocycles. The average Bonchev–Trinajstić information content (AvgIpc) is 2.36. The minimum absolute atomic E-state index is 0.271. The first-order valence-electron chi connectivity index (χ1n) is 6.21. The van der Waals surface area contributed by atoms with E-state index in [0.29, 0.717) is 11.0 Å². The van der Waals surface area contributed by atoms with Gasteiger partial charge in [0, 0.05) is 6.54 Å². The van der Waals surface area contributed by atoms with Crippen molar-refractivity contribution in [1.29, 1.82) is 0 Å². The van der Waals surface area contributed by atoms with Crippen LogP contribution in [0.5, 0.6) is 5.75 Å². The van der Waals surface area contributed by atoms with E-state index in [-0.39, 0.29) is 5.75 Å². The summed E-state index contributed by atoms with van der Waals surface area (Å²) in [5.41, 5.74) is 0.994. The zero-order valence-electron chi connectivity index (χ0n) is 11.0. The maximum atomic E-state index is 12.1. The van der Waals surface area contributed by atoms with Crippen molar-refractivity contribution in [3.8, 4) is 5.75 Å². The highest BCUT2D eigenvalue weighted by molar-refractivity contribution is 9.10. The van der Waals surface area contributed by atoms with E-state index in [1.165, 1.54) is 0 Å². The van der Waals surface area contributed by atoms with Gasteiger partial charge in [-0.1, -0.05) is 13.0 Å². The van der Waals surface area contributed by atoms with E-state index < -0.39 is 18.9 Å². The Labute approximate surface area is 124 Å². The lowest BCUT2D eigenvalue weighted by atomic mass is 10.2. The van der Waals surface area contributed by atoms with Crippen molar-refractivity contribution in [2.24, 2.45) is 0 Å². The second-order valence-corrected chi connectivity index (χ2v) is 5.16. The summed E-state index contributed by atoms with van der Waals surface area (Å²) in [5, 5.41) is 12.1. The van der Waals surface area contributed by atoms with Gasteiger partial charge < -0.3 is 15.2 Å². The van der Waals surface area contributed by atoms with Crippen molar-refractivity contribution in [2.45, 2.75) is 32.2 Å². The van der Waals surface area contributed by atoms with E-state index >= 15 is 0 Å². The highest BCUT2D eigenvalue weighted by atomic mass is 79.9. The molecule has 0 fully saturated rings. The maximum absolute atomic E-state index is 12.1. The highest BCUT2D eigenvalue weighted by Gasteiger charge is 2.38. The minimum atomic E-state index is -4.67. The van der Waals surface area contributed by atoms with Crippen LogP contribution in [0.2, 0.25) is 0 Å². The van der Waals surface area contributed by atoms with Gasteiger partial charge in [-0.3, -0.25) is 0 Å². The van der Waals surface area contributed by atoms with Crippen molar-refractivity contribution in [2.75, 3.05) is 13.2 Å². The van der Waals surface area contributed by atoms with Crippen LogP contribution < -0.4 is 10.1 Å². The first-order chi connectivity index (χ1) is 9.34. The molecule has 0 saturated carbocycles. The summed E-state index contributed by atoms with van der Waals surface area (Å²) in [4.78, 5) is 0. The van der Waals surface area contributed by atoms with E-state index in [9.17, 15) is 13.2 Å². The third kappa shape index (κ3) is 5.68. The Bertz CT molecular complexity index is 427. The molecular weight excluding hydrogens is 339 g/mol. The quantitative estimate of drug-likeness (QED) is 0.737. The smallest absolute Gasteiger partial charge is 0.417 e. The summed E-state index contributed by atoms with van der Waals surface area (Å²) < 4.78 is 41.9. The molecule has 1 aromatic rings. The number of hydrogen-bond donors (Lipinski definition) is 2. The number of halogens is 4. The predicted molar refractivity (Wildman–Crippen MR) is 73.7 cm³/mol. The molecule has 1 aromatic carbocycles. The van der Waals surface area contributed by atoms with Crippen molar-refractivity contribution in [3.63, 3.8) is 0 Å². The maximum Gasteiger partial charge on any atom is 0.417 e. The van der Waals surface area contributed by atoms with Crippen LogP contribution in [-0.2, 0) is 6.54 Å². The van der Waals surface area contributed by atoms with Crippen molar-refractivity contribution < 1.29 is 23.0 Å². The second-order valence-electron chi connectivity index (χ2n) is 4.31. The molecule has 1 atom stereocenters. The van der Waals surface area contributed by atoms with Crippen molar-refractivity contribution in [3.05, 3.63) is 28.2 Å². The molecule has 0 spiro atoms. The first-order valence-corrected chi connectivity index (χ1v) is 7.00. The summed E-state index contributed by atoms with van der Waals surface area (Å²) >= 11 is 3.24. The molecule has 0 aliphatic rings. The van der Waals surface area contributed by atoms with Crippen LogP contribution in [0.4, 0.5) is 13.2 Å². The number of ether oxygens (including phenoxy) is 1. The molecule has 0 saturated heterocycles. The van der Waals surface area contributed by atoms with Gasteiger partial charge in [-0.25, -0.2) is 0 Å². The normalized spacial score (nSPS) is 13.3. The van der Waals surface area contributed by atoms with Gasteiger partial charge in [0.2, 0.25) is 0 Å². The molecular formula is C13H17BrF3NO2. The topological polar surface area (TPSA) is 41.5 Å². The Morgan fingerprint density at radius 2 is 2.10 bits per heavy atom. The van der Waals surface area contributed by atoms with Crippen molar-refractivity contribution >= 4 is 15.9 Å². The Kier molecular flexibility index (Phi) is 6.78. The average molecular weight is 356 g/mol. The van der Waals surface area contributed by atoms with Crippen LogP contribution >= 0.6 is 15.9 Å². The van der Waals surface area contributed by atoms with Gasteiger partial charge in [-0.05, 0) is 46.6 Å². The SMILES string of the molecule is CCCNCc1ccc(OCC(O)C(F)(F)F)c(Br)c1. The highest BCUT2D eigenvalue weighted by Crippen LogP contribution is 2.27. The lowest BCUT2D eigenvalue weighted by Gasteiger charge is -2.16. The molecule has 1 unspecified atom stereocenters. The Hall–Kier alpha value is -0.790. The van der Waals surface area contributed by atoms with E-state index in [1.807, 2.05) is 0 Å². The molecule has 20 heavy (non-hydrogen) atoms. The van der Waals surface area contributed by atoms with Crippen LogP contribution in [0.3, 0.4) is 0 Å². The van der Waals surface area contributed by atoms with Crippen LogP contribution in [0, 0.1) is 0 Å². The largest absolute Gasteiger partial charge is 0.489 e. The number of rotatable bonds is 7. The third-order valence-corrected chi connectivity index (χ3v) is 3.15. The number of alkyl halides is 3. The van der Waals surface area contributed by atoms with Gasteiger partial charge in [0.1, 0.15) is 12.4 Å². The Morgan fingerprint density at radius 1 is 1.40 bits per heavy atom. The fraction of sp³-hybridized carbons (Fsp3) is 0.538. The Balaban J connectivity index is 2.55.